The summed E-state index contributed by atoms with van der Waals surface area (Å²) in [6.45, 7) is 3.67. The van der Waals surface area contributed by atoms with E-state index in [-0.39, 0.29) is 0 Å². The molecule has 5 nitrogen and oxygen atoms in total. The maximum atomic E-state index is 11.3. The summed E-state index contributed by atoms with van der Waals surface area (Å²) in [5.74, 6) is 3.62. The highest BCUT2D eigenvalue weighted by atomic mass is 32.2. The molecule has 1 saturated heterocycles. The molecule has 2 rings (SSSR count). The normalized spacial score (nSPS) is 17.4. The van der Waals surface area contributed by atoms with Gasteiger partial charge in [-0.3, -0.25) is 4.21 Å². The average molecular weight is 254 g/mol. The molecule has 0 bridgehead atoms. The molecule has 1 fully saturated rings. The van der Waals surface area contributed by atoms with Crippen LogP contribution in [0.2, 0.25) is 0 Å². The first-order chi connectivity index (χ1) is 8.19. The first kappa shape index (κ1) is 12.3. The Bertz CT molecular complexity index is 414. The molecule has 1 aliphatic rings. The van der Waals surface area contributed by atoms with Crippen LogP contribution in [0.1, 0.15) is 19.2 Å². The summed E-state index contributed by atoms with van der Waals surface area (Å²) in [4.78, 5) is 10.9. The standard InChI is InChI=1S/C11H18N4OS/c1-2-3-10-13-9(12)8-11(14-10)15-4-6-17(16)7-5-15/h8H,2-7H2,1H3,(H2,12,13,14). The quantitative estimate of drug-likeness (QED) is 0.854. The molecule has 0 aliphatic carbocycles. The van der Waals surface area contributed by atoms with Crippen LogP contribution in [0.5, 0.6) is 0 Å². The van der Waals surface area contributed by atoms with E-state index in [1.165, 1.54) is 0 Å². The second-order valence-corrected chi connectivity index (χ2v) is 5.85. The molecule has 1 aromatic heterocycles. The van der Waals surface area contributed by atoms with E-state index in [9.17, 15) is 4.21 Å². The molecule has 0 saturated carbocycles. The van der Waals surface area contributed by atoms with Crippen LogP contribution in [-0.4, -0.2) is 38.8 Å². The molecule has 1 aromatic rings. The zero-order chi connectivity index (χ0) is 12.3. The lowest BCUT2D eigenvalue weighted by molar-refractivity contribution is 0.672. The van der Waals surface area contributed by atoms with Crippen LogP contribution in [0.3, 0.4) is 0 Å². The van der Waals surface area contributed by atoms with Gasteiger partial charge in [-0.25, -0.2) is 9.97 Å². The van der Waals surface area contributed by atoms with Gasteiger partial charge in [-0.2, -0.15) is 0 Å². The monoisotopic (exact) mass is 254 g/mol. The molecule has 0 spiro atoms. The predicted molar refractivity (Wildman–Crippen MR) is 70.5 cm³/mol. The summed E-state index contributed by atoms with van der Waals surface area (Å²) < 4.78 is 11.3. The van der Waals surface area contributed by atoms with Crippen molar-refractivity contribution in [2.45, 2.75) is 19.8 Å². The Morgan fingerprint density at radius 1 is 1.41 bits per heavy atom. The number of rotatable bonds is 3. The van der Waals surface area contributed by atoms with Crippen molar-refractivity contribution >= 4 is 22.4 Å². The second kappa shape index (κ2) is 5.44. The van der Waals surface area contributed by atoms with Crippen LogP contribution < -0.4 is 10.6 Å². The van der Waals surface area contributed by atoms with Crippen LogP contribution in [0.4, 0.5) is 11.6 Å². The third-order valence-corrected chi connectivity index (χ3v) is 4.03. The molecule has 0 atom stereocenters. The minimum absolute atomic E-state index is 0.519. The van der Waals surface area contributed by atoms with Crippen LogP contribution in [0.25, 0.3) is 0 Å². The Morgan fingerprint density at radius 3 is 2.76 bits per heavy atom. The molecule has 0 unspecified atom stereocenters. The minimum Gasteiger partial charge on any atom is -0.384 e. The van der Waals surface area contributed by atoms with Gasteiger partial charge in [0.1, 0.15) is 17.5 Å². The maximum absolute atomic E-state index is 11.3. The van der Waals surface area contributed by atoms with E-state index in [0.717, 1.165) is 37.6 Å². The van der Waals surface area contributed by atoms with E-state index in [0.29, 0.717) is 17.3 Å². The largest absolute Gasteiger partial charge is 0.384 e. The number of hydrogen-bond donors (Lipinski definition) is 1. The molecule has 0 amide bonds. The van der Waals surface area contributed by atoms with E-state index in [2.05, 4.69) is 21.8 Å². The van der Waals surface area contributed by atoms with Crippen molar-refractivity contribution in [3.63, 3.8) is 0 Å². The van der Waals surface area contributed by atoms with Crippen LogP contribution in [0.15, 0.2) is 6.07 Å². The number of nitrogens with zero attached hydrogens (tertiary/aromatic N) is 3. The Kier molecular flexibility index (Phi) is 3.93. The topological polar surface area (TPSA) is 72.1 Å². The number of nitrogen functional groups attached to an aromatic ring is 1. The lowest BCUT2D eigenvalue weighted by Crippen LogP contribution is -2.38. The first-order valence-electron chi connectivity index (χ1n) is 5.92. The number of aryl methyl sites for hydroxylation is 1. The molecule has 2 heterocycles. The Hall–Kier alpha value is -1.17. The van der Waals surface area contributed by atoms with Crippen LogP contribution in [0, 0.1) is 0 Å². The molecule has 2 N–H and O–H groups in total. The molecule has 1 aliphatic heterocycles. The van der Waals surface area contributed by atoms with Crippen molar-refractivity contribution in [1.82, 2.24) is 9.97 Å². The summed E-state index contributed by atoms with van der Waals surface area (Å²) in [5.41, 5.74) is 5.79. The molecular weight excluding hydrogens is 236 g/mol. The van der Waals surface area contributed by atoms with E-state index in [4.69, 9.17) is 5.73 Å². The zero-order valence-corrected chi connectivity index (χ0v) is 10.9. The third-order valence-electron chi connectivity index (χ3n) is 2.75. The lowest BCUT2D eigenvalue weighted by Gasteiger charge is -2.27. The summed E-state index contributed by atoms with van der Waals surface area (Å²) in [6.07, 6.45) is 1.85. The van der Waals surface area contributed by atoms with Crippen LogP contribution in [-0.2, 0) is 17.2 Å². The highest BCUT2D eigenvalue weighted by Crippen LogP contribution is 2.16. The van der Waals surface area contributed by atoms with Crippen molar-refractivity contribution in [3.8, 4) is 0 Å². The zero-order valence-electron chi connectivity index (χ0n) is 10.1. The van der Waals surface area contributed by atoms with Crippen molar-refractivity contribution in [1.29, 1.82) is 0 Å². The third kappa shape index (κ3) is 3.15. The van der Waals surface area contributed by atoms with Gasteiger partial charge in [0.15, 0.2) is 0 Å². The van der Waals surface area contributed by atoms with Gasteiger partial charge in [0.2, 0.25) is 0 Å². The Balaban J connectivity index is 2.16. The smallest absolute Gasteiger partial charge is 0.134 e. The highest BCUT2D eigenvalue weighted by molar-refractivity contribution is 7.85. The number of hydrogen-bond acceptors (Lipinski definition) is 5. The van der Waals surface area contributed by atoms with Gasteiger partial charge < -0.3 is 10.6 Å². The molecular formula is C11H18N4OS. The lowest BCUT2D eigenvalue weighted by atomic mass is 10.3. The van der Waals surface area contributed by atoms with Gasteiger partial charge in [-0.1, -0.05) is 6.92 Å². The van der Waals surface area contributed by atoms with Crippen molar-refractivity contribution in [3.05, 3.63) is 11.9 Å². The summed E-state index contributed by atoms with van der Waals surface area (Å²) in [6, 6.07) is 1.80. The average Bonchev–Trinajstić information content (AvgIpc) is 2.29. The minimum atomic E-state index is -0.665. The summed E-state index contributed by atoms with van der Waals surface area (Å²) in [7, 11) is -0.665. The number of nitrogens with two attached hydrogens (primary N) is 1. The molecule has 94 valence electrons. The Morgan fingerprint density at radius 2 is 2.12 bits per heavy atom. The highest BCUT2D eigenvalue weighted by Gasteiger charge is 2.17. The van der Waals surface area contributed by atoms with E-state index in [1.54, 1.807) is 6.07 Å². The van der Waals surface area contributed by atoms with Gasteiger partial charge >= 0.3 is 0 Å². The van der Waals surface area contributed by atoms with Crippen molar-refractivity contribution < 1.29 is 4.21 Å². The Labute approximate surface area is 104 Å². The SMILES string of the molecule is CCCc1nc(N)cc(N2CCS(=O)CC2)n1. The van der Waals surface area contributed by atoms with Gasteiger partial charge in [-0.05, 0) is 6.42 Å². The maximum Gasteiger partial charge on any atom is 0.134 e. The molecule has 0 aromatic carbocycles. The van der Waals surface area contributed by atoms with Crippen molar-refractivity contribution in [2.75, 3.05) is 35.2 Å². The fraction of sp³-hybridized carbons (Fsp3) is 0.636. The van der Waals surface area contributed by atoms with E-state index in [1.807, 2.05) is 0 Å². The summed E-state index contributed by atoms with van der Waals surface area (Å²) >= 11 is 0. The molecule has 6 heteroatoms. The molecule has 17 heavy (non-hydrogen) atoms. The fourth-order valence-corrected chi connectivity index (χ4v) is 2.92. The van der Waals surface area contributed by atoms with Gasteiger partial charge in [0, 0.05) is 47.9 Å². The second-order valence-electron chi connectivity index (χ2n) is 4.15. The number of aromatic nitrogens is 2. The first-order valence-corrected chi connectivity index (χ1v) is 7.41. The summed E-state index contributed by atoms with van der Waals surface area (Å²) in [5, 5.41) is 0. The van der Waals surface area contributed by atoms with Crippen LogP contribution >= 0.6 is 0 Å². The molecule has 0 radical (unpaired) electrons. The number of anilines is 2. The predicted octanol–water partition coefficient (Wildman–Crippen LogP) is 0.580. The fourth-order valence-electron chi connectivity index (χ4n) is 1.87. The van der Waals surface area contributed by atoms with E-state index >= 15 is 0 Å². The van der Waals surface area contributed by atoms with E-state index < -0.39 is 10.8 Å². The van der Waals surface area contributed by atoms with Gasteiger partial charge in [0.05, 0.1) is 0 Å². The van der Waals surface area contributed by atoms with Gasteiger partial charge in [-0.15, -0.1) is 0 Å². The van der Waals surface area contributed by atoms with Gasteiger partial charge in [0.25, 0.3) is 0 Å². The van der Waals surface area contributed by atoms with Crippen molar-refractivity contribution in [2.24, 2.45) is 0 Å².